The molecule has 1 aromatic carbocycles. The van der Waals surface area contributed by atoms with Gasteiger partial charge in [0.2, 0.25) is 5.91 Å². The van der Waals surface area contributed by atoms with Gasteiger partial charge in [-0.1, -0.05) is 6.92 Å². The minimum Gasteiger partial charge on any atom is -0.507 e. The Morgan fingerprint density at radius 3 is 2.27 bits per heavy atom. The van der Waals surface area contributed by atoms with Crippen molar-refractivity contribution in [2.45, 2.75) is 13.3 Å². The van der Waals surface area contributed by atoms with E-state index in [0.29, 0.717) is 12.0 Å². The van der Waals surface area contributed by atoms with Crippen molar-refractivity contribution in [3.63, 3.8) is 0 Å². The third-order valence-electron chi connectivity index (χ3n) is 2.16. The molecule has 0 aliphatic carbocycles. The summed E-state index contributed by atoms with van der Waals surface area (Å²) in [6.07, 6.45) is 0.394. The second-order valence-corrected chi connectivity index (χ2v) is 3.07. The molecule has 5 nitrogen and oxygen atoms in total. The third-order valence-corrected chi connectivity index (χ3v) is 2.16. The number of aromatic hydroxyl groups is 1. The average Bonchev–Trinajstić information content (AvgIpc) is 2.15. The van der Waals surface area contributed by atoms with E-state index in [0.717, 1.165) is 0 Å². The van der Waals surface area contributed by atoms with E-state index < -0.39 is 11.8 Å². The van der Waals surface area contributed by atoms with Crippen LogP contribution in [0.25, 0.3) is 0 Å². The van der Waals surface area contributed by atoms with Gasteiger partial charge in [-0.15, -0.1) is 0 Å². The molecule has 0 saturated carbocycles. The molecule has 15 heavy (non-hydrogen) atoms. The van der Waals surface area contributed by atoms with Crippen LogP contribution in [0.5, 0.6) is 5.75 Å². The van der Waals surface area contributed by atoms with Gasteiger partial charge in [0, 0.05) is 5.56 Å². The Morgan fingerprint density at radius 2 is 1.87 bits per heavy atom. The van der Waals surface area contributed by atoms with Crippen molar-refractivity contribution in [1.82, 2.24) is 0 Å². The van der Waals surface area contributed by atoms with Gasteiger partial charge in [0.05, 0.1) is 5.56 Å². The largest absolute Gasteiger partial charge is 0.507 e. The van der Waals surface area contributed by atoms with Crippen molar-refractivity contribution >= 4 is 11.8 Å². The lowest BCUT2D eigenvalue weighted by molar-refractivity contribution is 0.0997. The summed E-state index contributed by atoms with van der Waals surface area (Å²) in [5.74, 6) is -1.65. The van der Waals surface area contributed by atoms with Gasteiger partial charge < -0.3 is 16.6 Å². The molecule has 0 aromatic heterocycles. The highest BCUT2D eigenvalue weighted by molar-refractivity contribution is 6.02. The molecule has 0 atom stereocenters. The SMILES string of the molecule is CCc1c(C(N)=O)ccc(O)c1C(N)=O. The van der Waals surface area contributed by atoms with Gasteiger partial charge in [0.1, 0.15) is 5.75 Å². The van der Waals surface area contributed by atoms with Crippen LogP contribution in [0.2, 0.25) is 0 Å². The van der Waals surface area contributed by atoms with E-state index in [1.165, 1.54) is 12.1 Å². The quantitative estimate of drug-likeness (QED) is 0.658. The zero-order valence-electron chi connectivity index (χ0n) is 8.28. The molecule has 0 heterocycles. The van der Waals surface area contributed by atoms with Crippen LogP contribution < -0.4 is 11.5 Å². The Bertz CT molecular complexity index is 427. The van der Waals surface area contributed by atoms with E-state index in [1.807, 2.05) is 0 Å². The predicted molar refractivity (Wildman–Crippen MR) is 54.5 cm³/mol. The first kappa shape index (κ1) is 11.0. The number of hydrogen-bond donors (Lipinski definition) is 3. The Kier molecular flexibility index (Phi) is 2.94. The number of benzene rings is 1. The predicted octanol–water partition coefficient (Wildman–Crippen LogP) is 0.152. The molecular formula is C10H12N2O3. The van der Waals surface area contributed by atoms with E-state index in [-0.39, 0.29) is 16.9 Å². The molecule has 0 spiro atoms. The molecule has 2 amide bonds. The summed E-state index contributed by atoms with van der Waals surface area (Å²) in [5.41, 5.74) is 10.8. The molecule has 0 bridgehead atoms. The first-order valence-electron chi connectivity index (χ1n) is 4.43. The Morgan fingerprint density at radius 1 is 1.27 bits per heavy atom. The number of rotatable bonds is 3. The Balaban J connectivity index is 3.54. The monoisotopic (exact) mass is 208 g/mol. The van der Waals surface area contributed by atoms with Crippen molar-refractivity contribution in [3.8, 4) is 5.75 Å². The highest BCUT2D eigenvalue weighted by atomic mass is 16.3. The number of phenols is 1. The smallest absolute Gasteiger partial charge is 0.252 e. The summed E-state index contributed by atoms with van der Waals surface area (Å²) in [6, 6.07) is 2.61. The maximum absolute atomic E-state index is 11.1. The zero-order chi connectivity index (χ0) is 11.6. The van der Waals surface area contributed by atoms with Crippen molar-refractivity contribution in [3.05, 3.63) is 28.8 Å². The molecule has 1 rings (SSSR count). The molecule has 0 saturated heterocycles. The molecule has 80 valence electrons. The molecule has 0 radical (unpaired) electrons. The summed E-state index contributed by atoms with van der Waals surface area (Å²) in [5, 5.41) is 9.45. The summed E-state index contributed by atoms with van der Waals surface area (Å²) < 4.78 is 0. The maximum atomic E-state index is 11.1. The van der Waals surface area contributed by atoms with E-state index in [2.05, 4.69) is 0 Å². The van der Waals surface area contributed by atoms with Gasteiger partial charge >= 0.3 is 0 Å². The van der Waals surface area contributed by atoms with Gasteiger partial charge in [0.15, 0.2) is 0 Å². The zero-order valence-corrected chi connectivity index (χ0v) is 8.28. The van der Waals surface area contributed by atoms with Crippen molar-refractivity contribution < 1.29 is 14.7 Å². The molecule has 0 unspecified atom stereocenters. The van der Waals surface area contributed by atoms with Gasteiger partial charge in [-0.2, -0.15) is 0 Å². The van der Waals surface area contributed by atoms with Gasteiger partial charge in [-0.05, 0) is 24.1 Å². The van der Waals surface area contributed by atoms with Crippen LogP contribution in [0.4, 0.5) is 0 Å². The van der Waals surface area contributed by atoms with Crippen LogP contribution in [0.3, 0.4) is 0 Å². The normalized spacial score (nSPS) is 9.93. The van der Waals surface area contributed by atoms with Gasteiger partial charge in [-0.3, -0.25) is 9.59 Å². The van der Waals surface area contributed by atoms with Crippen LogP contribution in [-0.2, 0) is 6.42 Å². The fraction of sp³-hybridized carbons (Fsp3) is 0.200. The first-order valence-corrected chi connectivity index (χ1v) is 4.43. The van der Waals surface area contributed by atoms with E-state index >= 15 is 0 Å². The highest BCUT2D eigenvalue weighted by Crippen LogP contribution is 2.24. The van der Waals surface area contributed by atoms with Gasteiger partial charge in [0.25, 0.3) is 5.91 Å². The molecular weight excluding hydrogens is 196 g/mol. The van der Waals surface area contributed by atoms with Crippen molar-refractivity contribution in [1.29, 1.82) is 0 Å². The second-order valence-electron chi connectivity index (χ2n) is 3.07. The van der Waals surface area contributed by atoms with Crippen molar-refractivity contribution in [2.75, 3.05) is 0 Å². The number of carbonyl (C=O) groups excluding carboxylic acids is 2. The molecule has 0 aliphatic rings. The summed E-state index contributed by atoms with van der Waals surface area (Å²) in [4.78, 5) is 22.1. The Labute approximate surface area is 86.7 Å². The summed E-state index contributed by atoms with van der Waals surface area (Å²) in [6.45, 7) is 1.74. The second kappa shape index (κ2) is 4.00. The molecule has 5 N–H and O–H groups in total. The van der Waals surface area contributed by atoms with Gasteiger partial charge in [-0.25, -0.2) is 0 Å². The highest BCUT2D eigenvalue weighted by Gasteiger charge is 2.18. The lowest BCUT2D eigenvalue weighted by Gasteiger charge is -2.10. The third kappa shape index (κ3) is 1.90. The number of amides is 2. The van der Waals surface area contributed by atoms with E-state index in [9.17, 15) is 14.7 Å². The number of nitrogens with two attached hydrogens (primary N) is 2. The first-order chi connectivity index (χ1) is 6.99. The summed E-state index contributed by atoms with van der Waals surface area (Å²) in [7, 11) is 0. The molecule has 5 heteroatoms. The van der Waals surface area contributed by atoms with E-state index in [1.54, 1.807) is 6.92 Å². The summed E-state index contributed by atoms with van der Waals surface area (Å²) >= 11 is 0. The number of carbonyl (C=O) groups is 2. The number of hydrogen-bond acceptors (Lipinski definition) is 3. The fourth-order valence-electron chi connectivity index (χ4n) is 1.51. The van der Waals surface area contributed by atoms with Crippen LogP contribution >= 0.6 is 0 Å². The Hall–Kier alpha value is -2.04. The molecule has 1 aromatic rings. The minimum atomic E-state index is -0.771. The topological polar surface area (TPSA) is 106 Å². The molecule has 0 aliphatic heterocycles. The maximum Gasteiger partial charge on any atom is 0.252 e. The standard InChI is InChI=1S/C10H12N2O3/c1-2-5-6(9(11)14)3-4-7(13)8(5)10(12)15/h3-4,13H,2H2,1H3,(H2,11,14)(H2,12,15). The minimum absolute atomic E-state index is 0.0335. The lowest BCUT2D eigenvalue weighted by atomic mass is 9.97. The van der Waals surface area contributed by atoms with Crippen LogP contribution in [0.15, 0.2) is 12.1 Å². The van der Waals surface area contributed by atoms with Crippen LogP contribution in [0, 0.1) is 0 Å². The van der Waals surface area contributed by atoms with Crippen LogP contribution in [0.1, 0.15) is 33.2 Å². The molecule has 0 fully saturated rings. The fourth-order valence-corrected chi connectivity index (χ4v) is 1.51. The number of primary amides is 2. The van der Waals surface area contributed by atoms with Crippen LogP contribution in [-0.4, -0.2) is 16.9 Å². The van der Waals surface area contributed by atoms with E-state index in [4.69, 9.17) is 11.5 Å². The lowest BCUT2D eigenvalue weighted by Crippen LogP contribution is -2.19. The average molecular weight is 208 g/mol. The van der Waals surface area contributed by atoms with Crippen molar-refractivity contribution in [2.24, 2.45) is 11.5 Å².